The van der Waals surface area contributed by atoms with Gasteiger partial charge in [-0.25, -0.2) is 14.4 Å². The predicted molar refractivity (Wildman–Crippen MR) is 205 cm³/mol. The van der Waals surface area contributed by atoms with Crippen LogP contribution in [0.3, 0.4) is 0 Å². The maximum absolute atomic E-state index is 14.5. The van der Waals surface area contributed by atoms with Crippen molar-refractivity contribution in [2.75, 3.05) is 18.9 Å². The highest BCUT2D eigenvalue weighted by Gasteiger charge is 2.36. The number of nitrogens with two attached hydrogens (primary N) is 2. The van der Waals surface area contributed by atoms with Crippen LogP contribution in [-0.4, -0.2) is 65.2 Å². The van der Waals surface area contributed by atoms with Crippen LogP contribution >= 0.6 is 0 Å². The van der Waals surface area contributed by atoms with Gasteiger partial charge in [0, 0.05) is 36.2 Å². The molecule has 0 unspecified atom stereocenters. The molecule has 4 amide bonds. The molecule has 5 rings (SSSR count). The van der Waals surface area contributed by atoms with E-state index in [1.54, 1.807) is 38.1 Å². The molecule has 0 heterocycles. The van der Waals surface area contributed by atoms with Crippen LogP contribution in [0.2, 0.25) is 0 Å². The first-order chi connectivity index (χ1) is 26.7. The maximum Gasteiger partial charge on any atom is 0.511 e. The second kappa shape index (κ2) is 17.9. The van der Waals surface area contributed by atoms with Gasteiger partial charge in [-0.2, -0.15) is 0 Å². The SMILES string of the molecule is CC(C)[C@H](NC(=O)OCC1c2ccccc2-c2ccccc21)C(=O)N[C@@H](CCCNC(N)=O)C(=O)c1c([N+](=O)[O-])ccc(OC(=O)O)c1Cc1ccc(N)cc1. The summed E-state index contributed by atoms with van der Waals surface area (Å²) >= 11 is 0. The minimum absolute atomic E-state index is 0.0108. The molecule has 8 N–H and O–H groups in total. The van der Waals surface area contributed by atoms with E-state index in [0.717, 1.165) is 34.4 Å². The summed E-state index contributed by atoms with van der Waals surface area (Å²) in [6.45, 7) is 3.31. The number of hydrogen-bond acceptors (Lipinski definition) is 10. The highest BCUT2D eigenvalue weighted by Crippen LogP contribution is 2.44. The summed E-state index contributed by atoms with van der Waals surface area (Å²) in [6, 6.07) is 20.5. The van der Waals surface area contributed by atoms with Crippen LogP contribution in [0.25, 0.3) is 11.1 Å². The van der Waals surface area contributed by atoms with Crippen LogP contribution in [0.1, 0.15) is 65.2 Å². The number of nitrogens with zero attached hydrogens (tertiary/aromatic N) is 1. The van der Waals surface area contributed by atoms with E-state index in [1.165, 1.54) is 0 Å². The average Bonchev–Trinajstić information content (AvgIpc) is 3.48. The summed E-state index contributed by atoms with van der Waals surface area (Å²) < 4.78 is 10.6. The van der Waals surface area contributed by atoms with E-state index in [1.807, 2.05) is 48.5 Å². The molecule has 16 heteroatoms. The number of nitrogens with one attached hydrogen (secondary N) is 3. The van der Waals surface area contributed by atoms with Crippen LogP contribution in [0.5, 0.6) is 5.75 Å². The van der Waals surface area contributed by atoms with Crippen molar-refractivity contribution in [2.45, 2.75) is 51.1 Å². The van der Waals surface area contributed by atoms with Gasteiger partial charge in [0.2, 0.25) is 5.91 Å². The van der Waals surface area contributed by atoms with Crippen LogP contribution in [0.4, 0.5) is 25.8 Å². The molecule has 0 radical (unpaired) electrons. The lowest BCUT2D eigenvalue weighted by atomic mass is 9.90. The zero-order valence-electron chi connectivity index (χ0n) is 30.7. The minimum atomic E-state index is -1.72. The summed E-state index contributed by atoms with van der Waals surface area (Å²) in [5.74, 6) is -2.83. The van der Waals surface area contributed by atoms with Crippen molar-refractivity contribution in [1.82, 2.24) is 16.0 Å². The van der Waals surface area contributed by atoms with Gasteiger partial charge in [-0.3, -0.25) is 19.7 Å². The number of fused-ring (bicyclic) bond motifs is 3. The van der Waals surface area contributed by atoms with Crippen LogP contribution in [0.15, 0.2) is 84.9 Å². The number of ketones is 1. The Labute approximate surface area is 321 Å². The smallest absolute Gasteiger partial charge is 0.449 e. The Morgan fingerprint density at radius 3 is 2.09 bits per heavy atom. The first-order valence-electron chi connectivity index (χ1n) is 17.8. The highest BCUT2D eigenvalue weighted by atomic mass is 16.7. The van der Waals surface area contributed by atoms with Crippen molar-refractivity contribution in [1.29, 1.82) is 0 Å². The largest absolute Gasteiger partial charge is 0.511 e. The number of primary amides is 1. The zero-order chi connectivity index (χ0) is 40.5. The maximum atomic E-state index is 14.5. The monoisotopic (exact) mass is 766 g/mol. The number of carbonyl (C=O) groups excluding carboxylic acids is 4. The lowest BCUT2D eigenvalue weighted by Gasteiger charge is -2.26. The van der Waals surface area contributed by atoms with E-state index >= 15 is 0 Å². The van der Waals surface area contributed by atoms with Gasteiger partial charge < -0.3 is 42.0 Å². The number of nitro groups is 1. The molecule has 0 aromatic heterocycles. The number of amides is 4. The average molecular weight is 767 g/mol. The Morgan fingerprint density at radius 2 is 1.52 bits per heavy atom. The van der Waals surface area contributed by atoms with Crippen molar-refractivity contribution >= 4 is 41.3 Å². The summed E-state index contributed by atoms with van der Waals surface area (Å²) in [5.41, 5.74) is 14.7. The Morgan fingerprint density at radius 1 is 0.893 bits per heavy atom. The first kappa shape index (κ1) is 40.2. The van der Waals surface area contributed by atoms with E-state index in [2.05, 4.69) is 16.0 Å². The summed E-state index contributed by atoms with van der Waals surface area (Å²) in [6.07, 6.45) is -2.86. The fourth-order valence-corrected chi connectivity index (χ4v) is 6.77. The van der Waals surface area contributed by atoms with Gasteiger partial charge in [0.15, 0.2) is 5.78 Å². The molecule has 4 aromatic rings. The van der Waals surface area contributed by atoms with Gasteiger partial charge >= 0.3 is 18.3 Å². The Hall–Kier alpha value is -6.97. The number of nitrogen functional groups attached to an aromatic ring is 1. The number of nitro benzene ring substituents is 1. The van der Waals surface area contributed by atoms with Crippen molar-refractivity contribution in [3.8, 4) is 16.9 Å². The van der Waals surface area contributed by atoms with Crippen molar-refractivity contribution in [2.24, 2.45) is 11.7 Å². The quantitative estimate of drug-likeness (QED) is 0.0158. The number of hydrogen-bond donors (Lipinski definition) is 6. The molecule has 0 aliphatic heterocycles. The second-order valence-electron chi connectivity index (χ2n) is 13.5. The number of Topliss-reactive ketones (excluding diaryl/α,β-unsaturated/α-hetero) is 1. The van der Waals surface area contributed by atoms with Crippen LogP contribution < -0.4 is 32.2 Å². The van der Waals surface area contributed by atoms with E-state index in [4.69, 9.17) is 20.9 Å². The third kappa shape index (κ3) is 9.57. The molecule has 0 saturated heterocycles. The lowest BCUT2D eigenvalue weighted by Crippen LogP contribution is -2.54. The molecule has 1 aliphatic rings. The summed E-state index contributed by atoms with van der Waals surface area (Å²) in [5, 5.41) is 29.5. The number of carboxylic acid groups (broad SMARTS) is 1. The highest BCUT2D eigenvalue weighted by molar-refractivity contribution is 6.07. The molecule has 16 nitrogen and oxygen atoms in total. The number of carbonyl (C=O) groups is 5. The lowest BCUT2D eigenvalue weighted by molar-refractivity contribution is -0.385. The number of benzene rings is 4. The molecule has 292 valence electrons. The number of ether oxygens (including phenoxy) is 2. The third-order valence-electron chi connectivity index (χ3n) is 9.42. The van der Waals surface area contributed by atoms with Gasteiger partial charge in [-0.15, -0.1) is 0 Å². The summed E-state index contributed by atoms with van der Waals surface area (Å²) in [7, 11) is 0. The molecule has 2 atom stereocenters. The normalized spacial score (nSPS) is 12.8. The summed E-state index contributed by atoms with van der Waals surface area (Å²) in [4.78, 5) is 76.4. The van der Waals surface area contributed by atoms with E-state index in [-0.39, 0.29) is 49.6 Å². The molecule has 56 heavy (non-hydrogen) atoms. The molecular formula is C40H42N6O10. The van der Waals surface area contributed by atoms with Crippen LogP contribution in [-0.2, 0) is 16.0 Å². The number of urea groups is 1. The number of alkyl carbamates (subject to hydrolysis) is 1. The van der Waals surface area contributed by atoms with E-state index in [0.29, 0.717) is 11.3 Å². The number of rotatable bonds is 16. The molecule has 0 spiro atoms. The molecule has 0 saturated carbocycles. The Bertz CT molecular complexity index is 2090. The molecule has 4 aromatic carbocycles. The Balaban J connectivity index is 1.42. The molecular weight excluding hydrogens is 724 g/mol. The first-order valence-corrected chi connectivity index (χ1v) is 17.8. The predicted octanol–water partition coefficient (Wildman–Crippen LogP) is 5.50. The third-order valence-corrected chi connectivity index (χ3v) is 9.42. The standard InChI is InChI=1S/C40H42N6O10/c1-22(2)35(45-39(50)55-21-30-27-10-5-3-8-25(27)26-9-4-6-11-28(26)30)37(48)44-31(12-7-19-43-38(42)49)36(47)34-29(20-23-13-15-24(41)16-14-23)33(56-40(51)52)18-17-32(34)46(53)54/h3-6,8-11,13-18,22,30-31,35H,7,12,19-21,41H2,1-2H3,(H,44,48)(H,45,50)(H,51,52)(H3,42,43,49)/t31-,35-/m0/s1. The fourth-order valence-electron chi connectivity index (χ4n) is 6.77. The minimum Gasteiger partial charge on any atom is -0.449 e. The number of anilines is 1. The fraction of sp³-hybridized carbons (Fsp3) is 0.275. The Kier molecular flexibility index (Phi) is 12.9. The van der Waals surface area contributed by atoms with Gasteiger partial charge in [0.1, 0.15) is 24.0 Å². The topological polar surface area (TPSA) is 255 Å². The molecule has 0 fully saturated rings. The van der Waals surface area contributed by atoms with Crippen LogP contribution in [0, 0.1) is 16.0 Å². The van der Waals surface area contributed by atoms with Crippen molar-refractivity contribution in [3.05, 3.63) is 123 Å². The zero-order valence-corrected chi connectivity index (χ0v) is 30.7. The van der Waals surface area contributed by atoms with Gasteiger partial charge in [0.25, 0.3) is 5.69 Å². The van der Waals surface area contributed by atoms with E-state index < -0.39 is 64.1 Å². The van der Waals surface area contributed by atoms with E-state index in [9.17, 15) is 39.2 Å². The molecule has 0 bridgehead atoms. The van der Waals surface area contributed by atoms with Gasteiger partial charge in [0.05, 0.1) is 11.0 Å². The van der Waals surface area contributed by atoms with Crippen molar-refractivity contribution in [3.63, 3.8) is 0 Å². The van der Waals surface area contributed by atoms with Crippen molar-refractivity contribution < 1.29 is 43.5 Å². The van der Waals surface area contributed by atoms with Gasteiger partial charge in [-0.05, 0) is 64.8 Å². The van der Waals surface area contributed by atoms with Gasteiger partial charge in [-0.1, -0.05) is 74.5 Å². The molecule has 1 aliphatic carbocycles. The second-order valence-corrected chi connectivity index (χ2v) is 13.5.